The largest absolute Gasteiger partial charge is 0.481 e. The van der Waals surface area contributed by atoms with Gasteiger partial charge in [0.05, 0.1) is 10.6 Å². The highest BCUT2D eigenvalue weighted by Gasteiger charge is 2.33. The first-order valence-corrected chi connectivity index (χ1v) is 12.9. The van der Waals surface area contributed by atoms with E-state index in [0.717, 1.165) is 55.7 Å². The lowest BCUT2D eigenvalue weighted by Gasteiger charge is -2.12. The van der Waals surface area contributed by atoms with Gasteiger partial charge in [0.2, 0.25) is 0 Å². The predicted octanol–water partition coefficient (Wildman–Crippen LogP) is 7.59. The van der Waals surface area contributed by atoms with E-state index in [-0.39, 0.29) is 12.1 Å². The van der Waals surface area contributed by atoms with Crippen molar-refractivity contribution in [2.45, 2.75) is 76.8 Å². The van der Waals surface area contributed by atoms with E-state index in [1.807, 2.05) is 11.8 Å². The zero-order valence-corrected chi connectivity index (χ0v) is 20.4. The van der Waals surface area contributed by atoms with Crippen molar-refractivity contribution in [1.29, 1.82) is 0 Å². The number of unbranched alkanes of at least 4 members (excludes halogenated alkanes) is 8. The number of anilines is 1. The second kappa shape index (κ2) is 16.9. The molecule has 188 valence electrons. The lowest BCUT2D eigenvalue weighted by Crippen LogP contribution is -2.29. The maximum Gasteiger partial charge on any atom is 0.417 e. The third-order valence-electron chi connectivity index (χ3n) is 4.96. The van der Waals surface area contributed by atoms with Crippen LogP contribution < -0.4 is 10.6 Å². The Labute approximate surface area is 203 Å². The molecular formula is C23H34ClF3N2O3S. The predicted molar refractivity (Wildman–Crippen MR) is 129 cm³/mol. The monoisotopic (exact) mass is 510 g/mol. The Morgan fingerprint density at radius 3 is 2.09 bits per heavy atom. The van der Waals surface area contributed by atoms with E-state index in [9.17, 15) is 22.8 Å². The zero-order chi connectivity index (χ0) is 24.5. The van der Waals surface area contributed by atoms with E-state index in [2.05, 4.69) is 10.6 Å². The fourth-order valence-corrected chi connectivity index (χ4v) is 4.38. The first-order chi connectivity index (χ1) is 15.7. The number of hydrogen-bond acceptors (Lipinski definition) is 3. The molecule has 1 rings (SSSR count). The zero-order valence-electron chi connectivity index (χ0n) is 18.8. The van der Waals surface area contributed by atoms with Gasteiger partial charge in [-0.25, -0.2) is 4.79 Å². The lowest BCUT2D eigenvalue weighted by molar-refractivity contribution is -0.138. The van der Waals surface area contributed by atoms with Crippen molar-refractivity contribution < 1.29 is 27.9 Å². The molecule has 5 nitrogen and oxygen atoms in total. The fourth-order valence-electron chi connectivity index (χ4n) is 3.19. The lowest BCUT2D eigenvalue weighted by atomic mass is 10.1. The molecule has 0 heterocycles. The number of rotatable bonds is 17. The fraction of sp³-hybridized carbons (Fsp3) is 0.652. The van der Waals surface area contributed by atoms with Crippen molar-refractivity contribution in [2.24, 2.45) is 0 Å². The van der Waals surface area contributed by atoms with Crippen LogP contribution in [0.4, 0.5) is 23.7 Å². The van der Waals surface area contributed by atoms with Crippen molar-refractivity contribution >= 4 is 41.1 Å². The highest BCUT2D eigenvalue weighted by Crippen LogP contribution is 2.36. The number of carboxylic acid groups (broad SMARTS) is 1. The summed E-state index contributed by atoms with van der Waals surface area (Å²) in [6, 6.07) is 2.72. The number of amides is 2. The molecule has 0 aliphatic rings. The number of hydrogen-bond donors (Lipinski definition) is 3. The molecule has 0 saturated heterocycles. The second-order valence-corrected chi connectivity index (χ2v) is 9.50. The molecule has 0 bridgehead atoms. The number of carboxylic acids is 1. The van der Waals surface area contributed by atoms with Gasteiger partial charge in [0.15, 0.2) is 0 Å². The molecule has 3 N–H and O–H groups in total. The molecule has 1 aromatic rings. The third-order valence-corrected chi connectivity index (χ3v) is 6.44. The summed E-state index contributed by atoms with van der Waals surface area (Å²) in [4.78, 5) is 22.3. The van der Waals surface area contributed by atoms with E-state index in [4.69, 9.17) is 16.7 Å². The first-order valence-electron chi connectivity index (χ1n) is 11.4. The van der Waals surface area contributed by atoms with E-state index in [1.165, 1.54) is 38.2 Å². The minimum Gasteiger partial charge on any atom is -0.481 e. The van der Waals surface area contributed by atoms with Gasteiger partial charge in [0.1, 0.15) is 0 Å². The molecule has 0 saturated carbocycles. The molecule has 2 amide bonds. The Bertz CT molecular complexity index is 721. The maximum atomic E-state index is 12.9. The number of benzene rings is 1. The van der Waals surface area contributed by atoms with Crippen LogP contribution in [-0.2, 0) is 11.0 Å². The topological polar surface area (TPSA) is 78.4 Å². The van der Waals surface area contributed by atoms with E-state index in [1.54, 1.807) is 0 Å². The first kappa shape index (κ1) is 29.4. The van der Waals surface area contributed by atoms with Crippen LogP contribution in [0.25, 0.3) is 0 Å². The number of carbonyl (C=O) groups excluding carboxylic acids is 1. The maximum absolute atomic E-state index is 12.9. The molecule has 1 aromatic carbocycles. The van der Waals surface area contributed by atoms with Gasteiger partial charge in [0.25, 0.3) is 0 Å². The number of aliphatic carboxylic acids is 1. The molecule has 0 spiro atoms. The minimum atomic E-state index is -4.58. The summed E-state index contributed by atoms with van der Waals surface area (Å²) in [5.41, 5.74) is -0.942. The van der Waals surface area contributed by atoms with Crippen LogP contribution in [0.1, 0.15) is 76.2 Å². The summed E-state index contributed by atoms with van der Waals surface area (Å²) in [6.07, 6.45) is 6.57. The molecular weight excluding hydrogens is 477 g/mol. The van der Waals surface area contributed by atoms with Crippen molar-refractivity contribution in [3.8, 4) is 0 Å². The number of alkyl halides is 3. The molecule has 33 heavy (non-hydrogen) atoms. The number of urea groups is 1. The highest BCUT2D eigenvalue weighted by molar-refractivity contribution is 7.99. The van der Waals surface area contributed by atoms with Gasteiger partial charge in [-0.3, -0.25) is 4.79 Å². The highest BCUT2D eigenvalue weighted by atomic mass is 35.5. The van der Waals surface area contributed by atoms with E-state index >= 15 is 0 Å². The number of halogens is 4. The molecule has 10 heteroatoms. The summed E-state index contributed by atoms with van der Waals surface area (Å²) < 4.78 is 38.6. The van der Waals surface area contributed by atoms with Gasteiger partial charge in [-0.05, 0) is 49.0 Å². The van der Waals surface area contributed by atoms with E-state index < -0.39 is 28.8 Å². The molecule has 0 radical (unpaired) electrons. The summed E-state index contributed by atoms with van der Waals surface area (Å²) in [6.45, 7) is 0.449. The van der Waals surface area contributed by atoms with Crippen LogP contribution in [0.2, 0.25) is 5.02 Å². The summed E-state index contributed by atoms with van der Waals surface area (Å²) in [7, 11) is 0. The Balaban J connectivity index is 1.96. The van der Waals surface area contributed by atoms with Crippen LogP contribution in [0.15, 0.2) is 18.2 Å². The van der Waals surface area contributed by atoms with Gasteiger partial charge in [-0.15, -0.1) is 0 Å². The van der Waals surface area contributed by atoms with Crippen molar-refractivity contribution in [3.63, 3.8) is 0 Å². The van der Waals surface area contributed by atoms with Crippen LogP contribution in [0.3, 0.4) is 0 Å². The quantitative estimate of drug-likeness (QED) is 0.189. The SMILES string of the molecule is O=C(O)CCCCCCCCCCCSCCCNC(=O)Nc1ccc(Cl)c(C(F)(F)F)c1. The van der Waals surface area contributed by atoms with Crippen LogP contribution in [0, 0.1) is 0 Å². The summed E-state index contributed by atoms with van der Waals surface area (Å²) in [5.74, 6) is 1.28. The van der Waals surface area contributed by atoms with Gasteiger partial charge >= 0.3 is 18.2 Å². The molecule has 0 fully saturated rings. The van der Waals surface area contributed by atoms with Crippen molar-refractivity contribution in [2.75, 3.05) is 23.4 Å². The number of nitrogens with one attached hydrogen (secondary N) is 2. The van der Waals surface area contributed by atoms with Crippen molar-refractivity contribution in [3.05, 3.63) is 28.8 Å². The summed E-state index contributed by atoms with van der Waals surface area (Å²) >= 11 is 7.40. The standard InChI is InChI=1S/C23H34ClF3N2O3S/c24-20-13-12-18(17-19(20)23(25,26)27)29-22(32)28-14-10-16-33-15-9-7-5-3-1-2-4-6-8-11-21(30)31/h12-13,17H,1-11,14-16H2,(H,30,31)(H2,28,29,32). The Morgan fingerprint density at radius 1 is 0.909 bits per heavy atom. The van der Waals surface area contributed by atoms with Gasteiger partial charge in [-0.1, -0.05) is 56.5 Å². The molecule has 0 atom stereocenters. The Morgan fingerprint density at radius 2 is 1.48 bits per heavy atom. The van der Waals surface area contributed by atoms with Gasteiger partial charge in [-0.2, -0.15) is 24.9 Å². The van der Waals surface area contributed by atoms with Crippen LogP contribution >= 0.6 is 23.4 Å². The summed E-state index contributed by atoms with van der Waals surface area (Å²) in [5, 5.41) is 13.2. The van der Waals surface area contributed by atoms with Gasteiger partial charge < -0.3 is 15.7 Å². The molecule has 0 aliphatic carbocycles. The number of carbonyl (C=O) groups is 2. The van der Waals surface area contributed by atoms with Crippen LogP contribution in [-0.4, -0.2) is 35.2 Å². The van der Waals surface area contributed by atoms with Crippen LogP contribution in [0.5, 0.6) is 0 Å². The van der Waals surface area contributed by atoms with E-state index in [0.29, 0.717) is 6.54 Å². The Kier molecular flexibility index (Phi) is 15.1. The molecule has 0 aromatic heterocycles. The number of thioether (sulfide) groups is 1. The van der Waals surface area contributed by atoms with Gasteiger partial charge in [0, 0.05) is 18.7 Å². The second-order valence-electron chi connectivity index (χ2n) is 7.86. The molecule has 0 unspecified atom stereocenters. The molecule has 0 aliphatic heterocycles. The van der Waals surface area contributed by atoms with Crippen molar-refractivity contribution in [1.82, 2.24) is 5.32 Å². The minimum absolute atomic E-state index is 0.0387. The normalized spacial score (nSPS) is 11.4. The smallest absolute Gasteiger partial charge is 0.417 e. The Hall–Kier alpha value is -1.61. The average molecular weight is 511 g/mol. The third kappa shape index (κ3) is 15.0. The average Bonchev–Trinajstić information content (AvgIpc) is 2.73.